The van der Waals surface area contributed by atoms with Gasteiger partial charge in [0.25, 0.3) is 10.1 Å². The molecule has 1 aliphatic heterocycles. The van der Waals surface area contributed by atoms with Gasteiger partial charge in [0.15, 0.2) is 12.4 Å². The molecule has 0 aromatic heterocycles. The van der Waals surface area contributed by atoms with Crippen molar-refractivity contribution in [1.29, 1.82) is 0 Å². The Morgan fingerprint density at radius 3 is 1.45 bits per heavy atom. The molecule has 2 unspecified atom stereocenters. The molecule has 1 aliphatic rings. The lowest BCUT2D eigenvalue weighted by molar-refractivity contribution is -0.297. The van der Waals surface area contributed by atoms with Crippen LogP contribution in [0.2, 0.25) is 0 Å². The summed E-state index contributed by atoms with van der Waals surface area (Å²) in [7, 11) is -4.61. The third-order valence-corrected chi connectivity index (χ3v) is 12.1. The van der Waals surface area contributed by atoms with Gasteiger partial charge in [0.1, 0.15) is 36.8 Å². The quantitative estimate of drug-likeness (QED) is 0.0197. The fourth-order valence-corrected chi connectivity index (χ4v) is 8.18. The van der Waals surface area contributed by atoms with Gasteiger partial charge in [0, 0.05) is 12.8 Å². The lowest BCUT2D eigenvalue weighted by atomic mass is 10.00. The normalized spacial score (nSPS) is 20.0. The number of esters is 2. The Bertz CT molecular complexity index is 1360. The number of carbonyl (C=O) groups excluding carboxylic acids is 2. The molecule has 1 rings (SSSR count). The lowest BCUT2D eigenvalue weighted by Crippen LogP contribution is -2.60. The van der Waals surface area contributed by atoms with Crippen LogP contribution in [-0.4, -0.2) is 96.0 Å². The third kappa shape index (κ3) is 34.9. The zero-order valence-electron chi connectivity index (χ0n) is 39.9. The molecule has 0 aromatic carbocycles. The first-order chi connectivity index (χ1) is 31.0. The number of hydrogen-bond donors (Lipinski definition) is 4. The molecule has 0 aromatic rings. The summed E-state index contributed by atoms with van der Waals surface area (Å²) < 4.78 is 54.2. The maximum Gasteiger partial charge on any atom is 0.306 e. The highest BCUT2D eigenvalue weighted by Gasteiger charge is 2.46. The van der Waals surface area contributed by atoms with E-state index < -0.39 is 71.2 Å². The van der Waals surface area contributed by atoms with Crippen LogP contribution in [0.3, 0.4) is 0 Å². The maximum absolute atomic E-state index is 12.8. The van der Waals surface area contributed by atoms with Crippen molar-refractivity contribution >= 4 is 22.1 Å². The molecule has 4 N–H and O–H groups in total. The van der Waals surface area contributed by atoms with E-state index in [1.807, 2.05) is 0 Å². The predicted octanol–water partition coefficient (Wildman–Crippen LogP) is 11.1. The molecule has 0 bridgehead atoms. The molecular formula is C51H90O12S. The average Bonchev–Trinajstić information content (AvgIpc) is 3.26. The zero-order chi connectivity index (χ0) is 46.9. The molecule has 64 heavy (non-hydrogen) atoms. The van der Waals surface area contributed by atoms with E-state index in [1.165, 1.54) is 103 Å². The second-order valence-corrected chi connectivity index (χ2v) is 19.0. The number of carbonyl (C=O) groups is 2. The number of aliphatic hydroxyl groups excluding tert-OH is 3. The standard InChI is InChI=1S/C51H90O12S/c1-3-5-7-9-11-13-15-17-19-21-22-24-25-27-29-31-33-35-37-39-46(52)60-41-44(42-61-51-50(56)49(55)48(54)45(63-51)43-64(57,58)59)62-47(53)40-38-36-34-32-30-28-26-23-20-18-16-14-12-10-8-6-4-2/h8,10,14,16,20,23,28,30,44-45,48-51,54-56H,3-7,9,11-13,15,17-19,21-22,24-27,29,31-43H2,1-2H3,(H,57,58,59)/b10-8+,16-14+,23-20+,30-28+/t44-,45-,48-,49?,50?,51+/m1/s1. The van der Waals surface area contributed by atoms with Crippen molar-refractivity contribution in [3.8, 4) is 0 Å². The summed E-state index contributed by atoms with van der Waals surface area (Å²) in [4.78, 5) is 25.5. The Labute approximate surface area is 388 Å². The summed E-state index contributed by atoms with van der Waals surface area (Å²) in [5.41, 5.74) is 0. The Balaban J connectivity index is 2.40. The number of unbranched alkanes of at least 4 members (excludes halogenated alkanes) is 22. The van der Waals surface area contributed by atoms with Gasteiger partial charge in [-0.1, -0.05) is 191 Å². The number of aliphatic hydroxyl groups is 3. The van der Waals surface area contributed by atoms with Crippen LogP contribution < -0.4 is 0 Å². The second-order valence-electron chi connectivity index (χ2n) is 17.5. The van der Waals surface area contributed by atoms with Crippen molar-refractivity contribution in [2.75, 3.05) is 19.0 Å². The molecule has 0 amide bonds. The van der Waals surface area contributed by atoms with E-state index in [2.05, 4.69) is 62.5 Å². The molecule has 13 heteroatoms. The minimum Gasteiger partial charge on any atom is -0.462 e. The molecular weight excluding hydrogens is 837 g/mol. The number of rotatable bonds is 42. The van der Waals surface area contributed by atoms with Crippen LogP contribution in [0.4, 0.5) is 0 Å². The van der Waals surface area contributed by atoms with Gasteiger partial charge in [-0.25, -0.2) is 0 Å². The fourth-order valence-electron chi connectivity index (χ4n) is 7.49. The van der Waals surface area contributed by atoms with E-state index in [4.69, 9.17) is 18.9 Å². The van der Waals surface area contributed by atoms with E-state index in [0.29, 0.717) is 12.8 Å². The first-order valence-electron chi connectivity index (χ1n) is 25.2. The van der Waals surface area contributed by atoms with E-state index in [0.717, 1.165) is 64.2 Å². The van der Waals surface area contributed by atoms with Gasteiger partial charge in [0.05, 0.1) is 6.61 Å². The first-order valence-corrected chi connectivity index (χ1v) is 26.8. The summed E-state index contributed by atoms with van der Waals surface area (Å²) in [5.74, 6) is -2.02. The minimum absolute atomic E-state index is 0.127. The van der Waals surface area contributed by atoms with Crippen molar-refractivity contribution < 1.29 is 56.8 Å². The zero-order valence-corrected chi connectivity index (χ0v) is 40.7. The molecule has 1 saturated heterocycles. The van der Waals surface area contributed by atoms with Gasteiger partial charge in [-0.15, -0.1) is 0 Å². The summed E-state index contributed by atoms with van der Waals surface area (Å²) in [6, 6.07) is 0. The average molecular weight is 927 g/mol. The predicted molar refractivity (Wildman–Crippen MR) is 256 cm³/mol. The van der Waals surface area contributed by atoms with Crippen molar-refractivity contribution in [2.24, 2.45) is 0 Å². The smallest absolute Gasteiger partial charge is 0.306 e. The van der Waals surface area contributed by atoms with E-state index in [-0.39, 0.29) is 19.4 Å². The highest BCUT2D eigenvalue weighted by atomic mass is 32.2. The van der Waals surface area contributed by atoms with Crippen LogP contribution in [0.25, 0.3) is 0 Å². The molecule has 1 fully saturated rings. The van der Waals surface area contributed by atoms with Crippen molar-refractivity contribution in [2.45, 2.75) is 243 Å². The number of allylic oxidation sites excluding steroid dienone is 8. The van der Waals surface area contributed by atoms with Crippen molar-refractivity contribution in [3.63, 3.8) is 0 Å². The SMILES string of the molecule is CCC/C=C/C/C=C/C/C=C/C/C=C/CCCCCC(=O)O[C@H](COC(=O)CCCCCCCCCCCCCCCCCCCCC)CO[C@H]1O[C@H](CS(=O)(=O)O)[C@@H](O)C(O)C1O. The van der Waals surface area contributed by atoms with Crippen LogP contribution in [0.5, 0.6) is 0 Å². The Morgan fingerprint density at radius 2 is 0.969 bits per heavy atom. The number of hydrogen-bond acceptors (Lipinski definition) is 11. The van der Waals surface area contributed by atoms with E-state index >= 15 is 0 Å². The Hall–Kier alpha value is -2.39. The van der Waals surface area contributed by atoms with Gasteiger partial charge in [0.2, 0.25) is 0 Å². The van der Waals surface area contributed by atoms with Crippen molar-refractivity contribution in [3.05, 3.63) is 48.6 Å². The second kappa shape index (κ2) is 40.8. The highest BCUT2D eigenvalue weighted by Crippen LogP contribution is 2.24. The van der Waals surface area contributed by atoms with Gasteiger partial charge in [-0.05, 0) is 51.4 Å². The van der Waals surface area contributed by atoms with Crippen LogP contribution in [0.15, 0.2) is 48.6 Å². The molecule has 6 atom stereocenters. The Kier molecular flexibility index (Phi) is 38.1. The topological polar surface area (TPSA) is 186 Å². The van der Waals surface area contributed by atoms with Crippen LogP contribution in [-0.2, 0) is 38.7 Å². The number of ether oxygens (including phenoxy) is 4. The van der Waals surface area contributed by atoms with Gasteiger partial charge < -0.3 is 34.3 Å². The monoisotopic (exact) mass is 927 g/mol. The molecule has 12 nitrogen and oxygen atoms in total. The molecule has 0 saturated carbocycles. The van der Waals surface area contributed by atoms with E-state index in [9.17, 15) is 37.9 Å². The van der Waals surface area contributed by atoms with Crippen LogP contribution >= 0.6 is 0 Å². The van der Waals surface area contributed by atoms with Gasteiger partial charge in [-0.2, -0.15) is 8.42 Å². The van der Waals surface area contributed by atoms with Crippen LogP contribution in [0, 0.1) is 0 Å². The highest BCUT2D eigenvalue weighted by molar-refractivity contribution is 7.85. The Morgan fingerprint density at radius 1 is 0.531 bits per heavy atom. The van der Waals surface area contributed by atoms with Crippen LogP contribution in [0.1, 0.15) is 206 Å². The summed E-state index contributed by atoms with van der Waals surface area (Å²) in [5, 5.41) is 30.9. The largest absolute Gasteiger partial charge is 0.462 e. The van der Waals surface area contributed by atoms with Gasteiger partial charge >= 0.3 is 11.9 Å². The molecule has 372 valence electrons. The summed E-state index contributed by atoms with van der Waals surface area (Å²) in [6.45, 7) is 3.69. The van der Waals surface area contributed by atoms with Crippen molar-refractivity contribution in [1.82, 2.24) is 0 Å². The molecule has 0 spiro atoms. The first kappa shape index (κ1) is 59.6. The maximum atomic E-state index is 12.8. The minimum atomic E-state index is -4.61. The summed E-state index contributed by atoms with van der Waals surface area (Å²) >= 11 is 0. The lowest BCUT2D eigenvalue weighted by Gasteiger charge is -2.40. The fraction of sp³-hybridized carbons (Fsp3) is 0.804. The molecule has 1 heterocycles. The van der Waals surface area contributed by atoms with Gasteiger partial charge in [-0.3, -0.25) is 14.1 Å². The third-order valence-electron chi connectivity index (χ3n) is 11.4. The van der Waals surface area contributed by atoms with E-state index in [1.54, 1.807) is 0 Å². The molecule has 0 aliphatic carbocycles. The summed E-state index contributed by atoms with van der Waals surface area (Å²) in [6.07, 6.45) is 40.1. The molecule has 0 radical (unpaired) electrons.